The molecule has 0 saturated carbocycles. The number of carbonyl (C=O) groups excluding carboxylic acids is 1. The monoisotopic (exact) mass is 272 g/mol. The van der Waals surface area contributed by atoms with Crippen molar-refractivity contribution in [3.05, 3.63) is 54.6 Å². The number of hydroxylamine groups is 1. The smallest absolute Gasteiger partial charge is 0.281 e. The van der Waals surface area contributed by atoms with Gasteiger partial charge in [-0.3, -0.25) is 9.63 Å². The van der Waals surface area contributed by atoms with Crippen molar-refractivity contribution in [3.63, 3.8) is 0 Å². The van der Waals surface area contributed by atoms with Gasteiger partial charge >= 0.3 is 0 Å². The summed E-state index contributed by atoms with van der Waals surface area (Å²) in [6.07, 6.45) is 0. The van der Waals surface area contributed by atoms with Crippen LogP contribution in [-0.4, -0.2) is 19.6 Å². The summed E-state index contributed by atoms with van der Waals surface area (Å²) in [5, 5.41) is 3.26. The van der Waals surface area contributed by atoms with Gasteiger partial charge in [0, 0.05) is 11.4 Å². The third-order valence-corrected chi connectivity index (χ3v) is 2.50. The maximum absolute atomic E-state index is 11.2. The van der Waals surface area contributed by atoms with Gasteiger partial charge in [0.05, 0.1) is 7.11 Å². The van der Waals surface area contributed by atoms with Gasteiger partial charge in [0.15, 0.2) is 6.61 Å². The highest BCUT2D eigenvalue weighted by molar-refractivity contribution is 5.76. The summed E-state index contributed by atoms with van der Waals surface area (Å²) in [7, 11) is 1.38. The summed E-state index contributed by atoms with van der Waals surface area (Å²) in [6, 6.07) is 17.2. The zero-order valence-corrected chi connectivity index (χ0v) is 11.1. The molecule has 5 nitrogen and oxygen atoms in total. The van der Waals surface area contributed by atoms with E-state index in [1.54, 1.807) is 12.1 Å². The normalized spacial score (nSPS) is 9.85. The predicted molar refractivity (Wildman–Crippen MR) is 76.8 cm³/mol. The van der Waals surface area contributed by atoms with Crippen LogP contribution in [0.5, 0.6) is 5.75 Å². The van der Waals surface area contributed by atoms with Gasteiger partial charge in [0.25, 0.3) is 5.91 Å². The van der Waals surface area contributed by atoms with Crippen molar-refractivity contribution in [3.8, 4) is 5.75 Å². The number of para-hydroxylation sites is 1. The average molecular weight is 272 g/mol. The maximum Gasteiger partial charge on any atom is 0.281 e. The molecule has 0 aliphatic rings. The number of hydrogen-bond acceptors (Lipinski definition) is 4. The van der Waals surface area contributed by atoms with Crippen molar-refractivity contribution in [2.75, 3.05) is 19.0 Å². The molecule has 0 radical (unpaired) electrons. The highest BCUT2D eigenvalue weighted by atomic mass is 16.6. The SMILES string of the molecule is CONC(=O)COc1ccc(Nc2ccccc2)cc1. The van der Waals surface area contributed by atoms with E-state index in [4.69, 9.17) is 4.74 Å². The molecular formula is C15H16N2O3. The second-order valence-corrected chi connectivity index (χ2v) is 4.03. The van der Waals surface area contributed by atoms with Crippen LogP contribution in [0.2, 0.25) is 0 Å². The average Bonchev–Trinajstić information content (AvgIpc) is 2.48. The van der Waals surface area contributed by atoms with E-state index in [0.29, 0.717) is 5.75 Å². The molecule has 0 aromatic heterocycles. The van der Waals surface area contributed by atoms with E-state index in [-0.39, 0.29) is 12.5 Å². The van der Waals surface area contributed by atoms with E-state index in [2.05, 4.69) is 15.6 Å². The van der Waals surface area contributed by atoms with Gasteiger partial charge in [-0.15, -0.1) is 0 Å². The van der Waals surface area contributed by atoms with E-state index in [1.165, 1.54) is 7.11 Å². The van der Waals surface area contributed by atoms with Crippen LogP contribution in [0.15, 0.2) is 54.6 Å². The molecule has 2 N–H and O–H groups in total. The van der Waals surface area contributed by atoms with Crippen LogP contribution in [0.1, 0.15) is 0 Å². The summed E-state index contributed by atoms with van der Waals surface area (Å²) < 4.78 is 5.31. The highest BCUT2D eigenvalue weighted by Crippen LogP contribution is 2.19. The fourth-order valence-electron chi connectivity index (χ4n) is 1.61. The first-order chi connectivity index (χ1) is 9.78. The molecule has 0 aliphatic heterocycles. The van der Waals surface area contributed by atoms with E-state index in [1.807, 2.05) is 42.5 Å². The van der Waals surface area contributed by atoms with Gasteiger partial charge in [-0.1, -0.05) is 18.2 Å². The zero-order valence-electron chi connectivity index (χ0n) is 11.1. The molecule has 2 rings (SSSR count). The van der Waals surface area contributed by atoms with Crippen LogP contribution >= 0.6 is 0 Å². The number of benzene rings is 2. The summed E-state index contributed by atoms with van der Waals surface area (Å²) in [4.78, 5) is 15.6. The van der Waals surface area contributed by atoms with Crippen molar-refractivity contribution in [2.45, 2.75) is 0 Å². The molecule has 2 aromatic carbocycles. The number of rotatable bonds is 6. The third-order valence-electron chi connectivity index (χ3n) is 2.50. The number of ether oxygens (including phenoxy) is 1. The minimum atomic E-state index is -0.334. The number of nitrogens with one attached hydrogen (secondary N) is 2. The van der Waals surface area contributed by atoms with Crippen LogP contribution < -0.4 is 15.5 Å². The Morgan fingerprint density at radius 1 is 1.00 bits per heavy atom. The lowest BCUT2D eigenvalue weighted by Gasteiger charge is -2.08. The van der Waals surface area contributed by atoms with Gasteiger partial charge in [-0.25, -0.2) is 5.48 Å². The van der Waals surface area contributed by atoms with Gasteiger partial charge < -0.3 is 10.1 Å². The quantitative estimate of drug-likeness (QED) is 0.793. The molecule has 0 unspecified atom stereocenters. The fourth-order valence-corrected chi connectivity index (χ4v) is 1.61. The van der Waals surface area contributed by atoms with E-state index in [9.17, 15) is 4.79 Å². The van der Waals surface area contributed by atoms with Crippen molar-refractivity contribution in [1.82, 2.24) is 5.48 Å². The largest absolute Gasteiger partial charge is 0.484 e. The minimum absolute atomic E-state index is 0.0840. The first-order valence-electron chi connectivity index (χ1n) is 6.14. The van der Waals surface area contributed by atoms with Crippen molar-refractivity contribution in [1.29, 1.82) is 0 Å². The molecule has 0 atom stereocenters. The number of carbonyl (C=O) groups is 1. The number of hydrogen-bond donors (Lipinski definition) is 2. The molecule has 20 heavy (non-hydrogen) atoms. The summed E-state index contributed by atoms with van der Waals surface area (Å²) in [5.74, 6) is 0.286. The molecule has 2 aromatic rings. The van der Waals surface area contributed by atoms with Crippen molar-refractivity contribution in [2.24, 2.45) is 0 Å². The Hall–Kier alpha value is -2.53. The molecule has 0 heterocycles. The third kappa shape index (κ3) is 4.29. The Labute approximate surface area is 117 Å². The minimum Gasteiger partial charge on any atom is -0.484 e. The van der Waals surface area contributed by atoms with Crippen molar-refractivity contribution >= 4 is 17.3 Å². The van der Waals surface area contributed by atoms with E-state index < -0.39 is 0 Å². The van der Waals surface area contributed by atoms with Gasteiger partial charge in [0.1, 0.15) is 5.75 Å². The molecule has 0 fully saturated rings. The van der Waals surface area contributed by atoms with Crippen LogP contribution in [0.25, 0.3) is 0 Å². The Balaban J connectivity index is 1.88. The van der Waals surface area contributed by atoms with E-state index in [0.717, 1.165) is 11.4 Å². The second-order valence-electron chi connectivity index (χ2n) is 4.03. The van der Waals surface area contributed by atoms with Crippen LogP contribution in [0.4, 0.5) is 11.4 Å². The molecule has 0 spiro atoms. The summed E-state index contributed by atoms with van der Waals surface area (Å²) in [5.41, 5.74) is 4.15. The Morgan fingerprint density at radius 2 is 1.65 bits per heavy atom. The predicted octanol–water partition coefficient (Wildman–Crippen LogP) is 2.49. The lowest BCUT2D eigenvalue weighted by molar-refractivity contribution is -0.133. The Bertz CT molecular complexity index is 541. The van der Waals surface area contributed by atoms with E-state index >= 15 is 0 Å². The lowest BCUT2D eigenvalue weighted by Crippen LogP contribution is -2.27. The molecule has 0 bridgehead atoms. The lowest BCUT2D eigenvalue weighted by atomic mass is 10.2. The molecule has 0 aliphatic carbocycles. The van der Waals surface area contributed by atoms with Gasteiger partial charge in [-0.2, -0.15) is 0 Å². The Morgan fingerprint density at radius 3 is 2.30 bits per heavy atom. The van der Waals surface area contributed by atoms with Crippen molar-refractivity contribution < 1.29 is 14.4 Å². The molecule has 1 amide bonds. The van der Waals surface area contributed by atoms with Crippen LogP contribution in [-0.2, 0) is 9.63 Å². The fraction of sp³-hybridized carbons (Fsp3) is 0.133. The second kappa shape index (κ2) is 7.16. The highest BCUT2D eigenvalue weighted by Gasteiger charge is 2.01. The summed E-state index contributed by atoms with van der Waals surface area (Å²) in [6.45, 7) is -0.0840. The molecule has 0 saturated heterocycles. The first-order valence-corrected chi connectivity index (χ1v) is 6.14. The van der Waals surface area contributed by atoms with Crippen LogP contribution in [0.3, 0.4) is 0 Å². The number of anilines is 2. The topological polar surface area (TPSA) is 59.6 Å². The Kier molecular flexibility index (Phi) is 4.97. The molecule has 5 heteroatoms. The standard InChI is InChI=1S/C15H16N2O3/c1-19-17-15(18)11-20-14-9-7-13(8-10-14)16-12-5-3-2-4-6-12/h2-10,16H,11H2,1H3,(H,17,18). The van der Waals surface area contributed by atoms with Gasteiger partial charge in [0.2, 0.25) is 0 Å². The molecular weight excluding hydrogens is 256 g/mol. The zero-order chi connectivity index (χ0) is 14.2. The maximum atomic E-state index is 11.2. The molecule has 104 valence electrons. The first kappa shape index (κ1) is 13.9. The number of amides is 1. The summed E-state index contributed by atoms with van der Waals surface area (Å²) >= 11 is 0. The van der Waals surface area contributed by atoms with Crippen LogP contribution in [0, 0.1) is 0 Å². The van der Waals surface area contributed by atoms with Gasteiger partial charge in [-0.05, 0) is 36.4 Å².